The number of ether oxygens (including phenoxy) is 5. The van der Waals surface area contributed by atoms with E-state index < -0.39 is 65.7 Å². The minimum atomic E-state index is -5.77. The third-order valence-corrected chi connectivity index (χ3v) is 9.69. The number of hydrogen-bond acceptors (Lipinski definition) is 16. The number of phosphoric ester groups is 1. The number of rotatable bonds is 24. The molecule has 0 saturated carbocycles. The maximum absolute atomic E-state index is 12.4. The van der Waals surface area contributed by atoms with Gasteiger partial charge >= 0.3 is 29.2 Å². The second-order valence-corrected chi connectivity index (χ2v) is 14.2. The van der Waals surface area contributed by atoms with E-state index >= 15 is 0 Å². The number of phosphoric acid groups is 3. The first-order chi connectivity index (χ1) is 24.0. The van der Waals surface area contributed by atoms with Crippen LogP contribution in [0.1, 0.15) is 24.6 Å². The van der Waals surface area contributed by atoms with Crippen molar-refractivity contribution in [2.45, 2.75) is 31.3 Å². The largest absolute Gasteiger partial charge is 0.490 e. The predicted molar refractivity (Wildman–Crippen MR) is 167 cm³/mol. The quantitative estimate of drug-likeness (QED) is 0.0161. The molecule has 2 heterocycles. The van der Waals surface area contributed by atoms with E-state index in [1.165, 1.54) is 0 Å². The summed E-state index contributed by atoms with van der Waals surface area (Å²) in [6.45, 7) is 1.46. The molecule has 25 nitrogen and oxygen atoms in total. The summed E-state index contributed by atoms with van der Waals surface area (Å²) in [5, 5.41) is 16.1. The molecular formula is C23H37N6O19P3. The molecule has 1 saturated heterocycles. The van der Waals surface area contributed by atoms with Crippen molar-refractivity contribution >= 4 is 29.4 Å². The molecule has 0 aromatic carbocycles. The van der Waals surface area contributed by atoms with E-state index in [1.807, 2.05) is 4.98 Å². The highest BCUT2D eigenvalue weighted by Crippen LogP contribution is 2.66. The molecule has 5 atom stereocenters. The van der Waals surface area contributed by atoms with Crippen LogP contribution in [0.2, 0.25) is 0 Å². The second-order valence-electron chi connectivity index (χ2n) is 9.76. The number of aliphatic hydroxyl groups excluding tert-OH is 1. The van der Waals surface area contributed by atoms with E-state index in [4.69, 9.17) is 39.0 Å². The zero-order chi connectivity index (χ0) is 37.9. The first-order valence-corrected chi connectivity index (χ1v) is 19.1. The molecule has 0 spiro atoms. The Kier molecular flexibility index (Phi) is 19.4. The van der Waals surface area contributed by atoms with E-state index in [0.717, 1.165) is 10.8 Å². The number of nitrogens with zero attached hydrogens (tertiary/aromatic N) is 4. The maximum atomic E-state index is 12.4. The molecule has 1 aromatic heterocycles. The van der Waals surface area contributed by atoms with Crippen LogP contribution in [-0.4, -0.2) is 125 Å². The molecule has 288 valence electrons. The topological polar surface area (TPSA) is 359 Å². The summed E-state index contributed by atoms with van der Waals surface area (Å²) < 4.78 is 73.2. The molecule has 0 aliphatic carbocycles. The SMILES string of the molecule is [N-]=[N+]=NCCOCCOCCOCCOCCC(=O)NCC#Cc1cn([C@H]2C[C@H](O)[C@@H](COP(=O)(O)OP(=O)(O)OP(=O)(O)O)O2)c(=O)[nH]c1=O. The number of H-pyrrole nitrogens is 1. The lowest BCUT2D eigenvalue weighted by molar-refractivity contribution is -0.122. The number of amides is 1. The molecule has 1 aliphatic heterocycles. The van der Waals surface area contributed by atoms with Gasteiger partial charge in [-0.1, -0.05) is 17.0 Å². The average molecular weight is 794 g/mol. The van der Waals surface area contributed by atoms with Crippen molar-refractivity contribution in [2.75, 3.05) is 72.6 Å². The van der Waals surface area contributed by atoms with Gasteiger partial charge in [-0.05, 0) is 5.53 Å². The fraction of sp³-hybridized carbons (Fsp3) is 0.696. The van der Waals surface area contributed by atoms with E-state index in [0.29, 0.717) is 33.0 Å². The van der Waals surface area contributed by atoms with Gasteiger partial charge in [0.05, 0.1) is 72.1 Å². The zero-order valence-corrected chi connectivity index (χ0v) is 29.3. The molecule has 7 N–H and O–H groups in total. The minimum Gasteiger partial charge on any atom is -0.390 e. The van der Waals surface area contributed by atoms with Crippen LogP contribution in [0.15, 0.2) is 20.9 Å². The summed E-state index contributed by atoms with van der Waals surface area (Å²) in [4.78, 5) is 77.3. The number of carbonyl (C=O) groups excluding carboxylic acids is 1. The van der Waals surface area contributed by atoms with Gasteiger partial charge in [0.25, 0.3) is 5.56 Å². The Hall–Kier alpha value is -2.81. The van der Waals surface area contributed by atoms with Gasteiger partial charge in [-0.3, -0.25) is 23.7 Å². The maximum Gasteiger partial charge on any atom is 0.490 e. The standard InChI is InChI=1S/C23H37N6O19P3/c24-28-26-5-7-42-9-11-44-13-12-43-10-8-41-6-3-20(31)25-4-1-2-17-15-29(23(33)27-22(17)32)21-14-18(30)19(46-21)16-45-50(37,38)48-51(39,40)47-49(34,35)36/h15,18-19,21,30H,3-14,16H2,(H,25,31)(H,37,38)(H,39,40)(H,27,32,33)(H2,34,35,36)/t18-,19+,21+/m0/s1. The van der Waals surface area contributed by atoms with Gasteiger partial charge in [-0.2, -0.15) is 8.62 Å². The Morgan fingerprint density at radius 1 is 1.00 bits per heavy atom. The summed E-state index contributed by atoms with van der Waals surface area (Å²) in [5.41, 5.74) is 6.08. The van der Waals surface area contributed by atoms with Crippen LogP contribution in [0.25, 0.3) is 10.4 Å². The van der Waals surface area contributed by atoms with Crippen molar-refractivity contribution in [3.8, 4) is 11.8 Å². The first kappa shape index (κ1) is 44.4. The van der Waals surface area contributed by atoms with Crippen LogP contribution in [0.3, 0.4) is 0 Å². The van der Waals surface area contributed by atoms with Gasteiger partial charge in [-0.25, -0.2) is 18.5 Å². The molecule has 1 aromatic rings. The van der Waals surface area contributed by atoms with Crippen molar-refractivity contribution in [1.82, 2.24) is 14.9 Å². The second kappa shape index (κ2) is 22.3. The Morgan fingerprint density at radius 2 is 1.61 bits per heavy atom. The van der Waals surface area contributed by atoms with Crippen LogP contribution in [0.5, 0.6) is 0 Å². The van der Waals surface area contributed by atoms with Gasteiger partial charge in [0, 0.05) is 30.5 Å². The van der Waals surface area contributed by atoms with Gasteiger partial charge in [-0.15, -0.1) is 0 Å². The number of azide groups is 1. The lowest BCUT2D eigenvalue weighted by Gasteiger charge is -2.19. The van der Waals surface area contributed by atoms with Crippen LogP contribution >= 0.6 is 23.5 Å². The number of carbonyl (C=O) groups is 1. The molecule has 2 rings (SSSR count). The van der Waals surface area contributed by atoms with Crippen molar-refractivity contribution in [2.24, 2.45) is 5.11 Å². The average Bonchev–Trinajstić information content (AvgIpc) is 3.39. The van der Waals surface area contributed by atoms with Gasteiger partial charge < -0.3 is 53.7 Å². The Morgan fingerprint density at radius 3 is 2.22 bits per heavy atom. The molecule has 1 amide bonds. The smallest absolute Gasteiger partial charge is 0.390 e. The molecule has 51 heavy (non-hydrogen) atoms. The van der Waals surface area contributed by atoms with Gasteiger partial charge in [0.2, 0.25) is 5.91 Å². The Balaban J connectivity index is 1.72. The molecule has 2 unspecified atom stereocenters. The lowest BCUT2D eigenvalue weighted by Crippen LogP contribution is -2.34. The van der Waals surface area contributed by atoms with Crippen molar-refractivity contribution < 1.29 is 80.0 Å². The third-order valence-electron chi connectivity index (χ3n) is 5.89. The van der Waals surface area contributed by atoms with Crippen LogP contribution in [0, 0.1) is 11.8 Å². The monoisotopic (exact) mass is 794 g/mol. The molecule has 0 radical (unpaired) electrons. The highest BCUT2D eigenvalue weighted by Gasteiger charge is 2.43. The number of hydrogen-bond donors (Lipinski definition) is 7. The number of aliphatic hydroxyl groups is 1. The summed E-state index contributed by atoms with van der Waals surface area (Å²) >= 11 is 0. The van der Waals surface area contributed by atoms with Crippen molar-refractivity contribution in [3.63, 3.8) is 0 Å². The van der Waals surface area contributed by atoms with E-state index in [2.05, 4.69) is 40.3 Å². The zero-order valence-electron chi connectivity index (χ0n) is 26.6. The summed E-state index contributed by atoms with van der Waals surface area (Å²) in [7, 11) is -16.9. The highest BCUT2D eigenvalue weighted by molar-refractivity contribution is 7.66. The van der Waals surface area contributed by atoms with Crippen LogP contribution < -0.4 is 16.6 Å². The lowest BCUT2D eigenvalue weighted by atomic mass is 10.2. The Labute approximate surface area is 288 Å². The number of aromatic nitrogens is 2. The normalized spacial score (nSPS) is 19.7. The van der Waals surface area contributed by atoms with Crippen molar-refractivity contribution in [1.29, 1.82) is 0 Å². The summed E-state index contributed by atoms with van der Waals surface area (Å²) in [5.74, 6) is 4.65. The fourth-order valence-electron chi connectivity index (χ4n) is 3.74. The third kappa shape index (κ3) is 19.0. The summed E-state index contributed by atoms with van der Waals surface area (Å²) in [6.07, 6.45) is -3.40. The van der Waals surface area contributed by atoms with Crippen molar-refractivity contribution in [3.05, 3.63) is 43.0 Å². The molecule has 1 fully saturated rings. The van der Waals surface area contributed by atoms with Gasteiger partial charge in [0.15, 0.2) is 0 Å². The highest BCUT2D eigenvalue weighted by atomic mass is 31.3. The molecule has 0 bridgehead atoms. The van der Waals surface area contributed by atoms with Gasteiger partial charge in [0.1, 0.15) is 17.9 Å². The van der Waals surface area contributed by atoms with Crippen LogP contribution in [-0.2, 0) is 55.3 Å². The first-order valence-electron chi connectivity index (χ1n) is 14.6. The fourth-order valence-corrected chi connectivity index (χ4v) is 6.77. The van der Waals surface area contributed by atoms with E-state index in [-0.39, 0.29) is 51.3 Å². The Bertz CT molecular complexity index is 1650. The predicted octanol–water partition coefficient (Wildman–Crippen LogP) is -1.24. The molecule has 1 aliphatic rings. The molecular weight excluding hydrogens is 757 g/mol. The van der Waals surface area contributed by atoms with E-state index in [1.54, 1.807) is 0 Å². The van der Waals surface area contributed by atoms with E-state index in [9.17, 15) is 43.0 Å². The summed E-state index contributed by atoms with van der Waals surface area (Å²) in [6, 6.07) is 0. The number of nitrogens with one attached hydrogen (secondary N) is 2. The minimum absolute atomic E-state index is 0.0144. The number of aromatic amines is 1. The molecule has 28 heteroatoms. The van der Waals surface area contributed by atoms with Crippen LogP contribution in [0.4, 0.5) is 0 Å².